The number of morpholine rings is 1. The fraction of sp³-hybridized carbons (Fsp3) is 0.619. The van der Waals surface area contributed by atoms with E-state index in [-0.39, 0.29) is 30.7 Å². The van der Waals surface area contributed by atoms with Gasteiger partial charge in [-0.25, -0.2) is 9.18 Å². The third-order valence-electron chi connectivity index (χ3n) is 6.61. The zero-order valence-corrected chi connectivity index (χ0v) is 16.4. The fourth-order valence-corrected chi connectivity index (χ4v) is 4.83. The molecule has 4 heterocycles. The van der Waals surface area contributed by atoms with Crippen molar-refractivity contribution >= 4 is 17.6 Å². The van der Waals surface area contributed by atoms with Gasteiger partial charge >= 0.3 is 6.03 Å². The number of benzene rings is 1. The number of alkyl halides is 1. The summed E-state index contributed by atoms with van der Waals surface area (Å²) in [6.45, 7) is 3.97. The van der Waals surface area contributed by atoms with Crippen LogP contribution in [0.5, 0.6) is 0 Å². The van der Waals surface area contributed by atoms with Gasteiger partial charge in [0.25, 0.3) is 0 Å². The number of fused-ring (bicyclic) bond motifs is 1. The Bertz CT molecular complexity index is 783. The highest BCUT2D eigenvalue weighted by atomic mass is 19.1. The molecule has 1 unspecified atom stereocenters. The van der Waals surface area contributed by atoms with Gasteiger partial charge in [0.1, 0.15) is 12.8 Å². The number of hydrogen-bond acceptors (Lipinski definition) is 4. The summed E-state index contributed by atoms with van der Waals surface area (Å²) < 4.78 is 19.0. The monoisotopic (exact) mass is 402 g/mol. The number of anilines is 1. The van der Waals surface area contributed by atoms with Crippen LogP contribution in [0.25, 0.3) is 0 Å². The van der Waals surface area contributed by atoms with Crippen LogP contribution >= 0.6 is 0 Å². The summed E-state index contributed by atoms with van der Waals surface area (Å²) in [5.74, 6) is 0.236. The Morgan fingerprint density at radius 2 is 1.83 bits per heavy atom. The van der Waals surface area contributed by atoms with Crippen molar-refractivity contribution < 1.29 is 18.7 Å². The van der Waals surface area contributed by atoms with Gasteiger partial charge in [-0.15, -0.1) is 0 Å². The molecule has 5 rings (SSSR count). The molecule has 0 saturated carbocycles. The largest absolute Gasteiger partial charge is 0.369 e. The molecular formula is C21H27FN4O3. The first-order valence-corrected chi connectivity index (χ1v) is 10.5. The van der Waals surface area contributed by atoms with E-state index in [0.29, 0.717) is 45.1 Å². The Labute approximate surface area is 169 Å². The smallest absolute Gasteiger partial charge is 0.320 e. The normalized spacial score (nSPS) is 30.0. The molecule has 3 atom stereocenters. The lowest BCUT2D eigenvalue weighted by atomic mass is 9.91. The summed E-state index contributed by atoms with van der Waals surface area (Å²) in [5, 5.41) is 2.94. The Balaban J connectivity index is 1.14. The summed E-state index contributed by atoms with van der Waals surface area (Å²) in [5.41, 5.74) is 2.29. The summed E-state index contributed by atoms with van der Waals surface area (Å²) in [6, 6.07) is 8.28. The number of carbonyl (C=O) groups excluding carboxylic acids is 2. The van der Waals surface area contributed by atoms with Gasteiger partial charge in [-0.05, 0) is 30.5 Å². The van der Waals surface area contributed by atoms with E-state index in [1.54, 1.807) is 0 Å². The van der Waals surface area contributed by atoms with Crippen LogP contribution in [-0.2, 0) is 9.53 Å². The molecule has 156 valence electrons. The highest BCUT2D eigenvalue weighted by Crippen LogP contribution is 2.31. The number of hydrogen-bond donors (Lipinski definition) is 1. The summed E-state index contributed by atoms with van der Waals surface area (Å²) >= 11 is 0. The van der Waals surface area contributed by atoms with Crippen molar-refractivity contribution in [1.29, 1.82) is 0 Å². The summed E-state index contributed by atoms with van der Waals surface area (Å²) in [4.78, 5) is 30.2. The number of rotatable bonds is 2. The zero-order valence-electron chi connectivity index (χ0n) is 16.4. The minimum absolute atomic E-state index is 0.0164. The maximum Gasteiger partial charge on any atom is 0.320 e. The molecular weight excluding hydrogens is 375 g/mol. The lowest BCUT2D eigenvalue weighted by molar-refractivity contribution is -0.139. The Morgan fingerprint density at radius 1 is 1.03 bits per heavy atom. The van der Waals surface area contributed by atoms with Gasteiger partial charge in [-0.2, -0.15) is 0 Å². The van der Waals surface area contributed by atoms with Gasteiger partial charge in [0.2, 0.25) is 5.91 Å². The molecule has 4 saturated heterocycles. The molecule has 4 aliphatic rings. The number of nitrogens with zero attached hydrogens (tertiary/aromatic N) is 3. The minimum atomic E-state index is -0.723. The lowest BCUT2D eigenvalue weighted by Gasteiger charge is -2.46. The van der Waals surface area contributed by atoms with Crippen LogP contribution in [0.3, 0.4) is 0 Å². The standard InChI is InChI=1S/C21H27FN4O3/c22-16-5-7-24(11-16)17-3-1-14(2-4-17)15-9-26(10-15)21(28)25-8-6-19-18(12-25)23-20(27)13-29-19/h1-4,15-16,18-19H,5-13H2,(H,23,27)/t16?,18-,19+/m1/s1. The number of likely N-dealkylation sites (tertiary alicyclic amines) is 2. The Kier molecular flexibility index (Phi) is 4.81. The molecule has 4 aliphatic heterocycles. The third kappa shape index (κ3) is 3.66. The molecule has 29 heavy (non-hydrogen) atoms. The van der Waals surface area contributed by atoms with Crippen LogP contribution in [0, 0.1) is 0 Å². The predicted molar refractivity (Wildman–Crippen MR) is 106 cm³/mol. The van der Waals surface area contributed by atoms with Crippen molar-refractivity contribution in [2.75, 3.05) is 50.8 Å². The molecule has 4 fully saturated rings. The molecule has 0 radical (unpaired) electrons. The van der Waals surface area contributed by atoms with Gasteiger partial charge in [0, 0.05) is 50.9 Å². The van der Waals surface area contributed by atoms with Crippen LogP contribution in [-0.4, -0.2) is 85.9 Å². The second-order valence-corrected chi connectivity index (χ2v) is 8.57. The van der Waals surface area contributed by atoms with Gasteiger partial charge in [0.05, 0.1) is 12.1 Å². The third-order valence-corrected chi connectivity index (χ3v) is 6.61. The topological polar surface area (TPSA) is 65.1 Å². The van der Waals surface area contributed by atoms with E-state index in [1.165, 1.54) is 5.56 Å². The quantitative estimate of drug-likeness (QED) is 0.811. The van der Waals surface area contributed by atoms with E-state index in [4.69, 9.17) is 4.74 Å². The maximum absolute atomic E-state index is 13.4. The van der Waals surface area contributed by atoms with Crippen LogP contribution in [0.15, 0.2) is 24.3 Å². The number of ether oxygens (including phenoxy) is 1. The van der Waals surface area contributed by atoms with Crippen LogP contribution < -0.4 is 10.2 Å². The fourth-order valence-electron chi connectivity index (χ4n) is 4.83. The van der Waals surface area contributed by atoms with E-state index in [2.05, 4.69) is 34.5 Å². The number of halogens is 1. The molecule has 7 nitrogen and oxygen atoms in total. The molecule has 1 aromatic carbocycles. The average molecular weight is 402 g/mol. The summed E-state index contributed by atoms with van der Waals surface area (Å²) in [6.07, 6.45) is 0.656. The number of amides is 3. The van der Waals surface area contributed by atoms with Crippen molar-refractivity contribution in [2.24, 2.45) is 0 Å². The second-order valence-electron chi connectivity index (χ2n) is 8.57. The zero-order chi connectivity index (χ0) is 20.0. The minimum Gasteiger partial charge on any atom is -0.369 e. The van der Waals surface area contributed by atoms with Gasteiger partial charge < -0.3 is 24.8 Å². The highest BCUT2D eigenvalue weighted by molar-refractivity contribution is 5.79. The Hall–Kier alpha value is -2.35. The summed E-state index contributed by atoms with van der Waals surface area (Å²) in [7, 11) is 0. The molecule has 1 aromatic rings. The van der Waals surface area contributed by atoms with Crippen molar-refractivity contribution in [3.63, 3.8) is 0 Å². The molecule has 0 aliphatic carbocycles. The van der Waals surface area contributed by atoms with E-state index in [9.17, 15) is 14.0 Å². The van der Waals surface area contributed by atoms with Crippen molar-refractivity contribution in [3.8, 4) is 0 Å². The van der Waals surface area contributed by atoms with Crippen molar-refractivity contribution in [1.82, 2.24) is 15.1 Å². The molecule has 0 spiro atoms. The van der Waals surface area contributed by atoms with E-state index in [0.717, 1.165) is 18.7 Å². The van der Waals surface area contributed by atoms with Crippen molar-refractivity contribution in [3.05, 3.63) is 29.8 Å². The van der Waals surface area contributed by atoms with E-state index < -0.39 is 6.17 Å². The Morgan fingerprint density at radius 3 is 2.55 bits per heavy atom. The van der Waals surface area contributed by atoms with Gasteiger partial charge in [-0.3, -0.25) is 4.79 Å². The SMILES string of the molecule is O=C1CO[C@H]2CCN(C(=O)N3CC(c4ccc(N5CCC(F)C5)cc4)C3)C[C@H]2N1. The van der Waals surface area contributed by atoms with E-state index in [1.807, 2.05) is 9.80 Å². The molecule has 8 heteroatoms. The maximum atomic E-state index is 13.4. The van der Waals surface area contributed by atoms with Crippen LogP contribution in [0.2, 0.25) is 0 Å². The van der Waals surface area contributed by atoms with Crippen LogP contribution in [0.1, 0.15) is 24.3 Å². The first-order chi connectivity index (χ1) is 14.1. The van der Waals surface area contributed by atoms with E-state index >= 15 is 0 Å². The number of urea groups is 1. The van der Waals surface area contributed by atoms with Gasteiger partial charge in [0.15, 0.2) is 0 Å². The lowest BCUT2D eigenvalue weighted by Crippen LogP contribution is -2.63. The number of nitrogens with one attached hydrogen (secondary N) is 1. The molecule has 0 bridgehead atoms. The first kappa shape index (κ1) is 18.7. The number of piperidine rings is 1. The molecule has 1 N–H and O–H groups in total. The average Bonchev–Trinajstić information content (AvgIpc) is 3.13. The first-order valence-electron chi connectivity index (χ1n) is 10.5. The molecule has 0 aromatic heterocycles. The molecule has 3 amide bonds. The highest BCUT2D eigenvalue weighted by Gasteiger charge is 2.40. The van der Waals surface area contributed by atoms with Crippen molar-refractivity contribution in [2.45, 2.75) is 37.1 Å². The number of carbonyl (C=O) groups is 2. The predicted octanol–water partition coefficient (Wildman–Crippen LogP) is 1.34. The second kappa shape index (κ2) is 7.48. The van der Waals surface area contributed by atoms with Crippen LogP contribution in [0.4, 0.5) is 14.9 Å². The van der Waals surface area contributed by atoms with Gasteiger partial charge in [-0.1, -0.05) is 12.1 Å².